The Kier molecular flexibility index (Phi) is 8.79. The molecule has 0 heterocycles. The Morgan fingerprint density at radius 1 is 1.41 bits per heavy atom. The molecular formula is C12H18F2N2O. The molecule has 0 saturated carbocycles. The van der Waals surface area contributed by atoms with E-state index in [4.69, 9.17) is 10.00 Å². The molecule has 0 aromatic heterocycles. The zero-order valence-electron chi connectivity index (χ0n) is 10.8. The van der Waals surface area contributed by atoms with Gasteiger partial charge < -0.3 is 4.74 Å². The maximum Gasteiger partial charge on any atom is 0.248 e. The zero-order valence-corrected chi connectivity index (χ0v) is 10.8. The Morgan fingerprint density at radius 3 is 2.06 bits per heavy atom. The van der Waals surface area contributed by atoms with Gasteiger partial charge >= 0.3 is 0 Å². The van der Waals surface area contributed by atoms with Gasteiger partial charge in [0, 0.05) is 6.92 Å². The van der Waals surface area contributed by atoms with Crippen LogP contribution in [0.1, 0.15) is 34.6 Å². The van der Waals surface area contributed by atoms with Gasteiger partial charge in [-0.3, -0.25) is 0 Å². The standard InChI is InChI=1S/C10H15F2NO.C2H3N/c1-6-8(12)13-9(7(2)11)14-10(3,4)5;1-2-3/h6H,1H2,2-5H3;1H3/b9-7-,13-8+;. The van der Waals surface area contributed by atoms with Gasteiger partial charge in [-0.05, 0) is 33.8 Å². The Balaban J connectivity index is 0. The third kappa shape index (κ3) is 12.2. The topological polar surface area (TPSA) is 45.4 Å². The first-order chi connectivity index (χ1) is 7.67. The number of nitrogens with zero attached hydrogens (tertiary/aromatic N) is 2. The van der Waals surface area contributed by atoms with Gasteiger partial charge in [-0.1, -0.05) is 6.58 Å². The number of aliphatic imine (C=N–C) groups is 1. The van der Waals surface area contributed by atoms with Gasteiger partial charge in [0.2, 0.25) is 11.8 Å². The van der Waals surface area contributed by atoms with Gasteiger partial charge in [-0.15, -0.1) is 0 Å². The third-order valence-corrected chi connectivity index (χ3v) is 1.07. The fraction of sp³-hybridized carbons (Fsp3) is 0.500. The van der Waals surface area contributed by atoms with Gasteiger partial charge in [0.25, 0.3) is 0 Å². The van der Waals surface area contributed by atoms with Crippen LogP contribution in [0, 0.1) is 11.3 Å². The Morgan fingerprint density at radius 2 is 1.82 bits per heavy atom. The molecule has 17 heavy (non-hydrogen) atoms. The van der Waals surface area contributed by atoms with Gasteiger partial charge in [0.05, 0.1) is 6.07 Å². The molecule has 0 unspecified atom stereocenters. The van der Waals surface area contributed by atoms with E-state index in [0.29, 0.717) is 0 Å². The molecule has 0 radical (unpaired) electrons. The highest BCUT2D eigenvalue weighted by molar-refractivity contribution is 5.86. The maximum atomic E-state index is 12.8. The van der Waals surface area contributed by atoms with Crippen molar-refractivity contribution in [1.82, 2.24) is 0 Å². The van der Waals surface area contributed by atoms with Crippen LogP contribution in [0.3, 0.4) is 0 Å². The van der Waals surface area contributed by atoms with Crippen molar-refractivity contribution < 1.29 is 13.5 Å². The van der Waals surface area contributed by atoms with Gasteiger partial charge in [0.15, 0.2) is 5.83 Å². The highest BCUT2D eigenvalue weighted by Gasteiger charge is 2.15. The molecule has 0 rings (SSSR count). The van der Waals surface area contributed by atoms with E-state index in [0.717, 1.165) is 13.0 Å². The summed E-state index contributed by atoms with van der Waals surface area (Å²) in [6.45, 7) is 10.9. The largest absolute Gasteiger partial charge is 0.470 e. The summed E-state index contributed by atoms with van der Waals surface area (Å²) in [5.41, 5.74) is -0.617. The fourth-order valence-electron chi connectivity index (χ4n) is 0.603. The second-order valence-electron chi connectivity index (χ2n) is 3.92. The molecule has 0 aliphatic heterocycles. The van der Waals surface area contributed by atoms with Crippen LogP contribution in [0.2, 0.25) is 0 Å². The van der Waals surface area contributed by atoms with Gasteiger partial charge in [-0.25, -0.2) is 4.39 Å². The average Bonchev–Trinajstić information content (AvgIpc) is 2.15. The second kappa shape index (κ2) is 8.45. The molecule has 0 spiro atoms. The highest BCUT2D eigenvalue weighted by atomic mass is 19.1. The number of hydrogen-bond donors (Lipinski definition) is 0. The molecular weight excluding hydrogens is 226 g/mol. The summed E-state index contributed by atoms with van der Waals surface area (Å²) >= 11 is 0. The van der Waals surface area contributed by atoms with Crippen molar-refractivity contribution in [2.75, 3.05) is 0 Å². The molecule has 0 fully saturated rings. The van der Waals surface area contributed by atoms with Crippen molar-refractivity contribution in [3.05, 3.63) is 24.4 Å². The predicted molar refractivity (Wildman–Crippen MR) is 64.7 cm³/mol. The van der Waals surface area contributed by atoms with Crippen molar-refractivity contribution in [3.8, 4) is 6.07 Å². The Hall–Kier alpha value is -1.70. The molecule has 0 N–H and O–H groups in total. The smallest absolute Gasteiger partial charge is 0.248 e. The normalized spacial score (nSPS) is 12.7. The van der Waals surface area contributed by atoms with E-state index in [1.165, 1.54) is 6.92 Å². The summed E-state index contributed by atoms with van der Waals surface area (Å²) in [5.74, 6) is -1.90. The minimum atomic E-state index is -0.874. The minimum absolute atomic E-state index is 0.352. The number of rotatable bonds is 3. The highest BCUT2D eigenvalue weighted by Crippen LogP contribution is 2.18. The van der Waals surface area contributed by atoms with E-state index in [1.807, 2.05) is 0 Å². The van der Waals surface area contributed by atoms with E-state index in [9.17, 15) is 8.78 Å². The van der Waals surface area contributed by atoms with E-state index < -0.39 is 17.4 Å². The quantitative estimate of drug-likeness (QED) is 0.555. The monoisotopic (exact) mass is 244 g/mol. The van der Waals surface area contributed by atoms with E-state index >= 15 is 0 Å². The van der Waals surface area contributed by atoms with Gasteiger partial charge in [-0.2, -0.15) is 14.6 Å². The number of allylic oxidation sites excluding steroid dienone is 2. The molecule has 0 saturated heterocycles. The second-order valence-corrected chi connectivity index (χ2v) is 3.92. The van der Waals surface area contributed by atoms with Crippen molar-refractivity contribution in [2.45, 2.75) is 40.2 Å². The molecule has 3 nitrogen and oxygen atoms in total. The molecule has 0 aromatic carbocycles. The van der Waals surface area contributed by atoms with Crippen molar-refractivity contribution in [1.29, 1.82) is 5.26 Å². The lowest BCUT2D eigenvalue weighted by Crippen LogP contribution is -2.18. The summed E-state index contributed by atoms with van der Waals surface area (Å²) < 4.78 is 30.6. The van der Waals surface area contributed by atoms with Crippen molar-refractivity contribution >= 4 is 5.97 Å². The Bertz CT molecular complexity index is 342. The molecule has 0 aliphatic rings. The number of ether oxygens (including phenoxy) is 1. The zero-order chi connectivity index (χ0) is 14.1. The van der Waals surface area contributed by atoms with Crippen LogP contribution in [-0.4, -0.2) is 11.6 Å². The number of hydrogen-bond acceptors (Lipinski definition) is 3. The first-order valence-electron chi connectivity index (χ1n) is 4.90. The summed E-state index contributed by atoms with van der Waals surface area (Å²) in [7, 11) is 0. The van der Waals surface area contributed by atoms with Crippen LogP contribution >= 0.6 is 0 Å². The third-order valence-electron chi connectivity index (χ3n) is 1.07. The van der Waals surface area contributed by atoms with E-state index in [2.05, 4.69) is 11.6 Å². The summed E-state index contributed by atoms with van der Waals surface area (Å²) in [6, 6.07) is 1.75. The van der Waals surface area contributed by atoms with Crippen LogP contribution in [-0.2, 0) is 4.74 Å². The molecule has 5 heteroatoms. The lowest BCUT2D eigenvalue weighted by Gasteiger charge is -2.21. The molecule has 96 valence electrons. The number of nitriles is 1. The molecule has 0 bridgehead atoms. The van der Waals surface area contributed by atoms with Crippen LogP contribution in [0.4, 0.5) is 8.78 Å². The average molecular weight is 244 g/mol. The first-order valence-corrected chi connectivity index (χ1v) is 4.90. The van der Waals surface area contributed by atoms with E-state index in [-0.39, 0.29) is 5.88 Å². The minimum Gasteiger partial charge on any atom is -0.470 e. The van der Waals surface area contributed by atoms with Crippen molar-refractivity contribution in [3.63, 3.8) is 0 Å². The summed E-state index contributed by atoms with van der Waals surface area (Å²) in [6.07, 6.45) is 0.884. The maximum absolute atomic E-state index is 12.8. The lowest BCUT2D eigenvalue weighted by molar-refractivity contribution is 0.0457. The lowest BCUT2D eigenvalue weighted by atomic mass is 10.2. The van der Waals surface area contributed by atoms with Crippen molar-refractivity contribution in [2.24, 2.45) is 4.99 Å². The van der Waals surface area contributed by atoms with Gasteiger partial charge in [0.1, 0.15) is 5.60 Å². The van der Waals surface area contributed by atoms with Crippen LogP contribution < -0.4 is 0 Å². The molecule has 0 amide bonds. The van der Waals surface area contributed by atoms with Crippen LogP contribution in [0.15, 0.2) is 29.4 Å². The Labute approximate surface area is 101 Å². The number of halogens is 2. The predicted octanol–water partition coefficient (Wildman–Crippen LogP) is 4.04. The first kappa shape index (κ1) is 17.7. The fourth-order valence-corrected chi connectivity index (χ4v) is 0.603. The SMILES string of the molecule is C=C/C(F)=N\C(OC(C)(C)C)=C(/C)F.CC#N. The summed E-state index contributed by atoms with van der Waals surface area (Å²) in [4.78, 5) is 3.29. The molecule has 0 atom stereocenters. The van der Waals surface area contributed by atoms with Crippen LogP contribution in [0.25, 0.3) is 0 Å². The molecule has 0 aliphatic carbocycles. The summed E-state index contributed by atoms with van der Waals surface area (Å²) in [5, 5.41) is 7.32. The van der Waals surface area contributed by atoms with E-state index in [1.54, 1.807) is 26.8 Å². The van der Waals surface area contributed by atoms with Crippen LogP contribution in [0.5, 0.6) is 0 Å². The molecule has 0 aromatic rings.